The molecule has 1 N–H and O–H groups in total. The lowest BCUT2D eigenvalue weighted by atomic mass is 10.1. The van der Waals surface area contributed by atoms with E-state index in [4.69, 9.17) is 16.3 Å². The van der Waals surface area contributed by atoms with Gasteiger partial charge in [-0.15, -0.1) is 0 Å². The first-order chi connectivity index (χ1) is 9.56. The van der Waals surface area contributed by atoms with Crippen molar-refractivity contribution in [1.29, 1.82) is 0 Å². The fourth-order valence-electron chi connectivity index (χ4n) is 2.53. The molecule has 0 amide bonds. The van der Waals surface area contributed by atoms with Crippen molar-refractivity contribution in [2.75, 3.05) is 32.8 Å². The maximum atomic E-state index is 13.2. The topological polar surface area (TPSA) is 24.5 Å². The fraction of sp³-hybridized carbons (Fsp3) is 0.600. The van der Waals surface area contributed by atoms with Gasteiger partial charge < -0.3 is 10.1 Å². The molecule has 1 aliphatic rings. The van der Waals surface area contributed by atoms with Gasteiger partial charge in [-0.1, -0.05) is 17.7 Å². The van der Waals surface area contributed by atoms with E-state index in [0.717, 1.165) is 38.4 Å². The molecule has 20 heavy (non-hydrogen) atoms. The molecule has 0 radical (unpaired) electrons. The Labute approximate surface area is 125 Å². The summed E-state index contributed by atoms with van der Waals surface area (Å²) in [6.45, 7) is 8.83. The maximum Gasteiger partial charge on any atom is 0.141 e. The summed E-state index contributed by atoms with van der Waals surface area (Å²) in [6, 6.07) is 5.38. The van der Waals surface area contributed by atoms with Crippen LogP contribution in [0.2, 0.25) is 5.02 Å². The van der Waals surface area contributed by atoms with E-state index in [1.807, 2.05) is 0 Å². The molecule has 2 atom stereocenters. The van der Waals surface area contributed by atoms with E-state index in [9.17, 15) is 4.39 Å². The van der Waals surface area contributed by atoms with Crippen molar-refractivity contribution < 1.29 is 9.13 Å². The molecule has 0 bridgehead atoms. The van der Waals surface area contributed by atoms with Crippen molar-refractivity contribution in [2.45, 2.75) is 25.9 Å². The van der Waals surface area contributed by atoms with Crippen molar-refractivity contribution in [1.82, 2.24) is 10.2 Å². The van der Waals surface area contributed by atoms with Crippen LogP contribution in [0.5, 0.6) is 0 Å². The lowest BCUT2D eigenvalue weighted by Gasteiger charge is -2.30. The van der Waals surface area contributed by atoms with Crippen molar-refractivity contribution in [3.05, 3.63) is 34.6 Å². The monoisotopic (exact) mass is 300 g/mol. The van der Waals surface area contributed by atoms with E-state index in [1.54, 1.807) is 12.1 Å². The number of nitrogens with one attached hydrogen (secondary N) is 1. The van der Waals surface area contributed by atoms with Crippen LogP contribution in [0.3, 0.4) is 0 Å². The zero-order chi connectivity index (χ0) is 14.5. The molecule has 0 saturated carbocycles. The minimum Gasteiger partial charge on any atom is -0.379 e. The summed E-state index contributed by atoms with van der Waals surface area (Å²) in [5.41, 5.74) is 1.00. The summed E-state index contributed by atoms with van der Waals surface area (Å²) in [5, 5.41) is 3.70. The molecule has 1 heterocycles. The van der Waals surface area contributed by atoms with Crippen molar-refractivity contribution >= 4 is 11.6 Å². The Kier molecular flexibility index (Phi) is 5.78. The van der Waals surface area contributed by atoms with E-state index in [2.05, 4.69) is 24.1 Å². The van der Waals surface area contributed by atoms with Gasteiger partial charge in [-0.2, -0.15) is 0 Å². The predicted molar refractivity (Wildman–Crippen MR) is 79.7 cm³/mol. The van der Waals surface area contributed by atoms with E-state index < -0.39 is 0 Å². The molecule has 3 nitrogen and oxygen atoms in total. The highest BCUT2D eigenvalue weighted by Crippen LogP contribution is 2.21. The summed E-state index contributed by atoms with van der Waals surface area (Å²) >= 11 is 5.83. The Hall–Kier alpha value is -0.680. The van der Waals surface area contributed by atoms with Crippen LogP contribution >= 0.6 is 11.6 Å². The molecule has 1 fully saturated rings. The van der Waals surface area contributed by atoms with Gasteiger partial charge in [-0.25, -0.2) is 4.39 Å². The highest BCUT2D eigenvalue weighted by atomic mass is 35.5. The van der Waals surface area contributed by atoms with Gasteiger partial charge >= 0.3 is 0 Å². The number of hydrogen-bond donors (Lipinski definition) is 1. The smallest absolute Gasteiger partial charge is 0.141 e. The third kappa shape index (κ3) is 4.42. The van der Waals surface area contributed by atoms with Gasteiger partial charge in [0.05, 0.1) is 18.2 Å². The number of nitrogens with zero attached hydrogens (tertiary/aromatic N) is 1. The average molecular weight is 301 g/mol. The fourth-order valence-corrected chi connectivity index (χ4v) is 2.72. The quantitative estimate of drug-likeness (QED) is 0.905. The molecule has 5 heteroatoms. The van der Waals surface area contributed by atoms with Crippen molar-refractivity contribution in [3.63, 3.8) is 0 Å². The molecule has 2 rings (SSSR count). The summed E-state index contributed by atoms with van der Waals surface area (Å²) in [7, 11) is 0. The molecular formula is C15H22ClFN2O. The summed E-state index contributed by atoms with van der Waals surface area (Å²) < 4.78 is 18.5. The number of halogens is 2. The van der Waals surface area contributed by atoms with Crippen LogP contribution in [0.25, 0.3) is 0 Å². The van der Waals surface area contributed by atoms with Crippen LogP contribution in [-0.4, -0.2) is 43.8 Å². The molecule has 1 saturated heterocycles. The second kappa shape index (κ2) is 7.36. The van der Waals surface area contributed by atoms with E-state index >= 15 is 0 Å². The predicted octanol–water partition coefficient (Wildman–Crippen LogP) is 2.85. The van der Waals surface area contributed by atoms with E-state index in [-0.39, 0.29) is 16.9 Å². The second-order valence-electron chi connectivity index (χ2n) is 5.38. The molecule has 2 unspecified atom stereocenters. The summed E-state index contributed by atoms with van der Waals surface area (Å²) in [6.07, 6.45) is 0. The minimum absolute atomic E-state index is 0.143. The Bertz CT molecular complexity index is 438. The van der Waals surface area contributed by atoms with Crippen LogP contribution in [0.4, 0.5) is 4.39 Å². The van der Waals surface area contributed by atoms with Gasteiger partial charge in [0.2, 0.25) is 0 Å². The SMILES string of the molecule is CC(CN1CCOCC1)NC(C)c1ccc(F)c(Cl)c1. The van der Waals surface area contributed by atoms with Gasteiger partial charge in [-0.3, -0.25) is 4.90 Å². The zero-order valence-corrected chi connectivity index (χ0v) is 12.8. The number of hydrogen-bond acceptors (Lipinski definition) is 3. The number of rotatable bonds is 5. The lowest BCUT2D eigenvalue weighted by molar-refractivity contribution is 0.0339. The minimum atomic E-state index is -0.371. The van der Waals surface area contributed by atoms with Crippen LogP contribution < -0.4 is 5.32 Å². The summed E-state index contributed by atoms with van der Waals surface area (Å²) in [4.78, 5) is 2.39. The molecule has 0 aliphatic carbocycles. The van der Waals surface area contributed by atoms with Crippen molar-refractivity contribution in [2.24, 2.45) is 0 Å². The molecular weight excluding hydrogens is 279 g/mol. The van der Waals surface area contributed by atoms with Gasteiger partial charge in [0.1, 0.15) is 5.82 Å². The molecule has 1 aromatic carbocycles. The Morgan fingerprint density at radius 3 is 2.70 bits per heavy atom. The average Bonchev–Trinajstić information content (AvgIpc) is 2.42. The van der Waals surface area contributed by atoms with E-state index in [0.29, 0.717) is 6.04 Å². The van der Waals surface area contributed by atoms with Gasteiger partial charge in [0.15, 0.2) is 0 Å². The third-order valence-corrected chi connectivity index (χ3v) is 3.90. The first-order valence-corrected chi connectivity index (χ1v) is 7.45. The van der Waals surface area contributed by atoms with E-state index in [1.165, 1.54) is 6.07 Å². The highest BCUT2D eigenvalue weighted by molar-refractivity contribution is 6.30. The first-order valence-electron chi connectivity index (χ1n) is 7.07. The standard InChI is InChI=1S/C15H22ClFN2O/c1-11(10-19-5-7-20-8-6-19)18-12(2)13-3-4-15(17)14(16)9-13/h3-4,9,11-12,18H,5-8,10H2,1-2H3. The zero-order valence-electron chi connectivity index (χ0n) is 12.0. The van der Waals surface area contributed by atoms with Gasteiger partial charge in [0, 0.05) is 31.7 Å². The van der Waals surface area contributed by atoms with Crippen LogP contribution in [-0.2, 0) is 4.74 Å². The van der Waals surface area contributed by atoms with Crippen LogP contribution in [0.1, 0.15) is 25.5 Å². The van der Waals surface area contributed by atoms with Crippen LogP contribution in [0, 0.1) is 5.82 Å². The molecule has 0 spiro atoms. The molecule has 0 aromatic heterocycles. The molecule has 112 valence electrons. The first kappa shape index (κ1) is 15.7. The lowest BCUT2D eigenvalue weighted by Crippen LogP contribution is -2.44. The Balaban J connectivity index is 1.86. The third-order valence-electron chi connectivity index (χ3n) is 3.61. The Morgan fingerprint density at radius 1 is 1.35 bits per heavy atom. The Morgan fingerprint density at radius 2 is 2.05 bits per heavy atom. The van der Waals surface area contributed by atoms with Crippen LogP contribution in [0.15, 0.2) is 18.2 Å². The highest BCUT2D eigenvalue weighted by Gasteiger charge is 2.16. The normalized spacial score (nSPS) is 19.8. The molecule has 1 aromatic rings. The number of morpholine rings is 1. The van der Waals surface area contributed by atoms with Gasteiger partial charge in [-0.05, 0) is 31.5 Å². The number of ether oxygens (including phenoxy) is 1. The second-order valence-corrected chi connectivity index (χ2v) is 5.78. The number of benzene rings is 1. The molecule has 1 aliphatic heterocycles. The largest absolute Gasteiger partial charge is 0.379 e. The van der Waals surface area contributed by atoms with Gasteiger partial charge in [0.25, 0.3) is 0 Å². The maximum absolute atomic E-state index is 13.2. The van der Waals surface area contributed by atoms with Crippen molar-refractivity contribution in [3.8, 4) is 0 Å². The summed E-state index contributed by atoms with van der Waals surface area (Å²) in [5.74, 6) is -0.371.